The van der Waals surface area contributed by atoms with Crippen LogP contribution in [0.15, 0.2) is 68.9 Å². The molecule has 0 aliphatic rings. The molecule has 0 fully saturated rings. The largest absolute Gasteiger partial charge is 0.459 e. The summed E-state index contributed by atoms with van der Waals surface area (Å²) in [4.78, 5) is 34.4. The normalized spacial score (nSPS) is 10.7. The molecule has 1 N–H and O–H groups in total. The van der Waals surface area contributed by atoms with Crippen LogP contribution in [0, 0.1) is 10.1 Å². The molecule has 3 rings (SSSR count). The van der Waals surface area contributed by atoms with Gasteiger partial charge in [-0.05, 0) is 30.3 Å². The molecule has 10 nitrogen and oxygen atoms in total. The standard InChI is InChI=1S/C17H11N3O7/c21-16(13-6-2-8-25-13)19-18-10-11-4-1-5-12(20(23)24)15(11)27-17(22)14-7-3-9-26-14/h1-10H,(H,19,21)/b18-10+. The van der Waals surface area contributed by atoms with E-state index in [9.17, 15) is 19.7 Å². The first-order valence-electron chi connectivity index (χ1n) is 7.46. The number of hydrogen-bond acceptors (Lipinski definition) is 8. The fraction of sp³-hybridized carbons (Fsp3) is 0. The van der Waals surface area contributed by atoms with E-state index in [1.54, 1.807) is 0 Å². The third-order valence-corrected chi connectivity index (χ3v) is 3.25. The summed E-state index contributed by atoms with van der Waals surface area (Å²) in [5, 5.41) is 15.0. The Kier molecular flexibility index (Phi) is 5.07. The van der Waals surface area contributed by atoms with Gasteiger partial charge < -0.3 is 13.6 Å². The second kappa shape index (κ2) is 7.78. The van der Waals surface area contributed by atoms with E-state index in [2.05, 4.69) is 10.5 Å². The highest BCUT2D eigenvalue weighted by Gasteiger charge is 2.23. The van der Waals surface area contributed by atoms with E-state index in [1.165, 1.54) is 55.0 Å². The zero-order valence-electron chi connectivity index (χ0n) is 13.5. The van der Waals surface area contributed by atoms with Crippen molar-refractivity contribution < 1.29 is 28.1 Å². The number of furan rings is 2. The number of carbonyl (C=O) groups excluding carboxylic acids is 2. The van der Waals surface area contributed by atoms with Gasteiger partial charge in [0.2, 0.25) is 11.5 Å². The van der Waals surface area contributed by atoms with Crippen LogP contribution in [0.2, 0.25) is 0 Å². The molecule has 1 aromatic carbocycles. The van der Waals surface area contributed by atoms with Gasteiger partial charge in [0.15, 0.2) is 5.76 Å². The summed E-state index contributed by atoms with van der Waals surface area (Å²) in [6, 6.07) is 9.79. The van der Waals surface area contributed by atoms with Crippen LogP contribution >= 0.6 is 0 Å². The average Bonchev–Trinajstić information content (AvgIpc) is 3.36. The molecular formula is C17H11N3O7. The van der Waals surface area contributed by atoms with Crippen molar-refractivity contribution >= 4 is 23.8 Å². The highest BCUT2D eigenvalue weighted by molar-refractivity contribution is 5.94. The van der Waals surface area contributed by atoms with Crippen molar-refractivity contribution in [3.05, 3.63) is 82.2 Å². The van der Waals surface area contributed by atoms with Gasteiger partial charge in [-0.15, -0.1) is 0 Å². The highest BCUT2D eigenvalue weighted by Crippen LogP contribution is 2.30. The zero-order chi connectivity index (χ0) is 19.2. The van der Waals surface area contributed by atoms with Crippen LogP contribution in [0.1, 0.15) is 26.7 Å². The molecule has 0 aliphatic carbocycles. The van der Waals surface area contributed by atoms with Crippen molar-refractivity contribution in [3.8, 4) is 5.75 Å². The van der Waals surface area contributed by atoms with Gasteiger partial charge in [-0.2, -0.15) is 5.10 Å². The summed E-state index contributed by atoms with van der Waals surface area (Å²) in [6.07, 6.45) is 3.70. The Hall–Kier alpha value is -4.21. The van der Waals surface area contributed by atoms with E-state index < -0.39 is 22.5 Å². The monoisotopic (exact) mass is 369 g/mol. The number of nitrogens with zero attached hydrogens (tertiary/aromatic N) is 2. The molecule has 2 aromatic heterocycles. The summed E-state index contributed by atoms with van der Waals surface area (Å²) in [5.74, 6) is -1.95. The molecule has 1 amide bonds. The molecular weight excluding hydrogens is 358 g/mol. The second-order valence-corrected chi connectivity index (χ2v) is 5.00. The van der Waals surface area contributed by atoms with Crippen LogP contribution in [-0.4, -0.2) is 23.0 Å². The number of hydrogen-bond donors (Lipinski definition) is 1. The number of nitro benzene ring substituents is 1. The minimum Gasteiger partial charge on any atom is -0.459 e. The second-order valence-electron chi connectivity index (χ2n) is 5.00. The molecule has 0 atom stereocenters. The van der Waals surface area contributed by atoms with Gasteiger partial charge in [0.25, 0.3) is 0 Å². The maximum Gasteiger partial charge on any atom is 0.379 e. The van der Waals surface area contributed by atoms with Gasteiger partial charge >= 0.3 is 17.6 Å². The number of nitro groups is 1. The van der Waals surface area contributed by atoms with Gasteiger partial charge in [-0.1, -0.05) is 6.07 Å². The molecule has 2 heterocycles. The predicted octanol–water partition coefficient (Wildman–Crippen LogP) is 2.76. The summed E-state index contributed by atoms with van der Waals surface area (Å²) in [7, 11) is 0. The first kappa shape index (κ1) is 17.6. The van der Waals surface area contributed by atoms with E-state index in [-0.39, 0.29) is 22.8 Å². The highest BCUT2D eigenvalue weighted by atomic mass is 16.6. The van der Waals surface area contributed by atoms with Crippen LogP contribution in [0.4, 0.5) is 5.69 Å². The summed E-state index contributed by atoms with van der Waals surface area (Å²) < 4.78 is 14.9. The minimum absolute atomic E-state index is 0.0377. The SMILES string of the molecule is O=C(N/N=C/c1cccc([N+](=O)[O-])c1OC(=O)c1ccco1)c1ccco1. The fourth-order valence-electron chi connectivity index (χ4n) is 2.06. The quantitative estimate of drug-likeness (QED) is 0.232. The van der Waals surface area contributed by atoms with E-state index >= 15 is 0 Å². The third kappa shape index (κ3) is 4.07. The molecule has 0 saturated heterocycles. The van der Waals surface area contributed by atoms with Crippen molar-refractivity contribution in [1.82, 2.24) is 5.43 Å². The van der Waals surface area contributed by atoms with Crippen molar-refractivity contribution in [2.45, 2.75) is 0 Å². The first-order chi connectivity index (χ1) is 13.1. The van der Waals surface area contributed by atoms with Gasteiger partial charge in [0.05, 0.1) is 23.7 Å². The van der Waals surface area contributed by atoms with E-state index in [4.69, 9.17) is 13.6 Å². The Labute approximate surface area is 151 Å². The molecule has 0 aliphatic heterocycles. The zero-order valence-corrected chi connectivity index (χ0v) is 13.5. The Balaban J connectivity index is 1.84. The summed E-state index contributed by atoms with van der Waals surface area (Å²) in [5.41, 5.74) is 1.85. The van der Waals surface area contributed by atoms with E-state index in [1.807, 2.05) is 0 Å². The van der Waals surface area contributed by atoms with Gasteiger partial charge in [0, 0.05) is 11.6 Å². The van der Waals surface area contributed by atoms with Crippen molar-refractivity contribution in [2.75, 3.05) is 0 Å². The van der Waals surface area contributed by atoms with Gasteiger partial charge in [-0.25, -0.2) is 10.2 Å². The van der Waals surface area contributed by atoms with Crippen LogP contribution in [0.25, 0.3) is 0 Å². The lowest BCUT2D eigenvalue weighted by atomic mass is 10.2. The van der Waals surface area contributed by atoms with Crippen molar-refractivity contribution in [1.29, 1.82) is 0 Å². The number of nitrogens with one attached hydrogen (secondary N) is 1. The van der Waals surface area contributed by atoms with Crippen molar-refractivity contribution in [3.63, 3.8) is 0 Å². The average molecular weight is 369 g/mol. The van der Waals surface area contributed by atoms with Crippen LogP contribution < -0.4 is 10.2 Å². The van der Waals surface area contributed by atoms with E-state index in [0.29, 0.717) is 0 Å². The molecule has 27 heavy (non-hydrogen) atoms. The Morgan fingerprint density at radius 3 is 2.41 bits per heavy atom. The van der Waals surface area contributed by atoms with Crippen LogP contribution in [0.3, 0.4) is 0 Å². The first-order valence-corrected chi connectivity index (χ1v) is 7.46. The summed E-state index contributed by atoms with van der Waals surface area (Å²) in [6.45, 7) is 0. The smallest absolute Gasteiger partial charge is 0.379 e. The number of ether oxygens (including phenoxy) is 1. The van der Waals surface area contributed by atoms with Gasteiger partial charge in [0.1, 0.15) is 0 Å². The molecule has 10 heteroatoms. The van der Waals surface area contributed by atoms with Gasteiger partial charge in [-0.3, -0.25) is 14.9 Å². The lowest BCUT2D eigenvalue weighted by molar-refractivity contribution is -0.385. The fourth-order valence-corrected chi connectivity index (χ4v) is 2.06. The van der Waals surface area contributed by atoms with E-state index in [0.717, 1.165) is 6.21 Å². The molecule has 0 unspecified atom stereocenters. The number of para-hydroxylation sites is 1. The van der Waals surface area contributed by atoms with Crippen LogP contribution in [0.5, 0.6) is 5.75 Å². The lowest BCUT2D eigenvalue weighted by Crippen LogP contribution is -2.17. The molecule has 0 saturated carbocycles. The van der Waals surface area contributed by atoms with Crippen molar-refractivity contribution in [2.24, 2.45) is 5.10 Å². The molecule has 136 valence electrons. The topological polar surface area (TPSA) is 137 Å². The molecule has 0 bridgehead atoms. The number of benzene rings is 1. The Morgan fingerprint density at radius 2 is 1.78 bits per heavy atom. The van der Waals surface area contributed by atoms with Crippen LogP contribution in [-0.2, 0) is 0 Å². The number of rotatable bonds is 6. The minimum atomic E-state index is -0.913. The molecule has 0 spiro atoms. The maximum absolute atomic E-state index is 12.1. The molecule has 3 aromatic rings. The molecule has 0 radical (unpaired) electrons. The maximum atomic E-state index is 12.1. The number of esters is 1. The number of hydrazone groups is 1. The Morgan fingerprint density at radius 1 is 1.07 bits per heavy atom. The lowest BCUT2D eigenvalue weighted by Gasteiger charge is -2.06. The third-order valence-electron chi connectivity index (χ3n) is 3.25. The Bertz CT molecular complexity index is 992. The number of amides is 1. The number of carbonyl (C=O) groups is 2. The predicted molar refractivity (Wildman–Crippen MR) is 90.5 cm³/mol. The summed E-state index contributed by atoms with van der Waals surface area (Å²) >= 11 is 0.